The number of carbonyl (C=O) groups excluding carboxylic acids is 2. The number of aromatic nitrogens is 1. The third kappa shape index (κ3) is 2.97. The maximum Gasteiger partial charge on any atom is 0.257 e. The van der Waals surface area contributed by atoms with Crippen LogP contribution >= 0.6 is 32.9 Å². The lowest BCUT2D eigenvalue weighted by Gasteiger charge is -2.01. The van der Waals surface area contributed by atoms with Gasteiger partial charge in [0, 0.05) is 11.1 Å². The van der Waals surface area contributed by atoms with E-state index in [4.69, 9.17) is 18.0 Å². The second-order valence-corrected chi connectivity index (χ2v) is 6.00. The first-order valence-corrected chi connectivity index (χ1v) is 7.30. The number of hydrogen-bond acceptors (Lipinski definition) is 6. The largest absolute Gasteiger partial charge is 0.366 e. The van der Waals surface area contributed by atoms with Crippen LogP contribution in [0.3, 0.4) is 0 Å². The monoisotopic (exact) mass is 297 g/mol. The lowest BCUT2D eigenvalue weighted by atomic mass is 10.1. The summed E-state index contributed by atoms with van der Waals surface area (Å²) in [7, 11) is 2.62. The van der Waals surface area contributed by atoms with Crippen molar-refractivity contribution < 1.29 is 9.59 Å². The number of rotatable bonds is 3. The lowest BCUT2D eigenvalue weighted by Crippen LogP contribution is -2.14. The molecule has 0 saturated carbocycles. The van der Waals surface area contributed by atoms with Gasteiger partial charge in [0.25, 0.3) is 5.91 Å². The van der Waals surface area contributed by atoms with Crippen LogP contribution in [-0.2, 0) is 0 Å². The topological polar surface area (TPSA) is 85.1 Å². The summed E-state index contributed by atoms with van der Waals surface area (Å²) in [4.78, 5) is 26.7. The van der Waals surface area contributed by atoms with Crippen LogP contribution in [0.15, 0.2) is 24.3 Å². The third-order valence-corrected chi connectivity index (χ3v) is 4.56. The van der Waals surface area contributed by atoms with Crippen LogP contribution in [0.1, 0.15) is 20.7 Å². The molecule has 0 saturated heterocycles. The van der Waals surface area contributed by atoms with Gasteiger partial charge in [-0.1, -0.05) is 0 Å². The van der Waals surface area contributed by atoms with Gasteiger partial charge >= 0.3 is 0 Å². The van der Waals surface area contributed by atoms with Crippen LogP contribution in [0.5, 0.6) is 0 Å². The first kappa shape index (κ1) is 12.8. The highest BCUT2D eigenvalue weighted by atomic mass is 32.9. The molecule has 0 aliphatic rings. The molecule has 1 heterocycles. The number of hydrogen-bond donors (Lipinski definition) is 2. The van der Waals surface area contributed by atoms with Crippen molar-refractivity contribution in [2.75, 3.05) is 5.32 Å². The molecule has 0 spiro atoms. The van der Waals surface area contributed by atoms with Crippen molar-refractivity contribution in [1.29, 1.82) is 0 Å². The van der Waals surface area contributed by atoms with E-state index in [1.807, 2.05) is 0 Å². The minimum Gasteiger partial charge on any atom is -0.366 e. The van der Waals surface area contributed by atoms with E-state index < -0.39 is 5.91 Å². The maximum absolute atomic E-state index is 11.8. The Morgan fingerprint density at radius 3 is 2.28 bits per heavy atom. The predicted octanol–water partition coefficient (Wildman–Crippen LogP) is 2.29. The van der Waals surface area contributed by atoms with Gasteiger partial charge in [0.2, 0.25) is 11.0 Å². The summed E-state index contributed by atoms with van der Waals surface area (Å²) in [6.45, 7) is 0. The van der Waals surface area contributed by atoms with Crippen molar-refractivity contribution in [1.82, 2.24) is 4.98 Å². The van der Waals surface area contributed by atoms with E-state index in [0.29, 0.717) is 20.2 Å². The van der Waals surface area contributed by atoms with Gasteiger partial charge in [0.05, 0.1) is 0 Å². The third-order valence-electron chi connectivity index (χ3n) is 2.04. The van der Waals surface area contributed by atoms with Crippen LogP contribution in [0.4, 0.5) is 5.13 Å². The van der Waals surface area contributed by atoms with Crippen LogP contribution in [0.25, 0.3) is 0 Å². The number of anilines is 1. The normalized spacial score (nSPS) is 10.0. The molecule has 1 aromatic carbocycles. The summed E-state index contributed by atoms with van der Waals surface area (Å²) in [5.74, 6) is -0.831. The summed E-state index contributed by atoms with van der Waals surface area (Å²) in [6.07, 6.45) is 0. The van der Waals surface area contributed by atoms with Crippen molar-refractivity contribution in [3.8, 4) is 0 Å². The van der Waals surface area contributed by atoms with Crippen molar-refractivity contribution in [3.63, 3.8) is 0 Å². The molecule has 0 unspecified atom stereocenters. The minimum absolute atomic E-state index is 0.303. The second-order valence-electron chi connectivity index (χ2n) is 3.25. The number of amides is 2. The number of nitrogens with one attached hydrogen (secondary N) is 1. The van der Waals surface area contributed by atoms with Gasteiger partial charge in [0.1, 0.15) is 0 Å². The van der Waals surface area contributed by atoms with Crippen LogP contribution in [0.2, 0.25) is 0 Å². The molecule has 5 nitrogen and oxygen atoms in total. The Hall–Kier alpha value is -1.64. The number of benzene rings is 1. The van der Waals surface area contributed by atoms with Crippen LogP contribution < -0.4 is 11.1 Å². The number of nitrogens with zero attached hydrogens (tertiary/aromatic N) is 1. The van der Waals surface area contributed by atoms with Gasteiger partial charge < -0.3 is 5.73 Å². The smallest absolute Gasteiger partial charge is 0.257 e. The molecular formula is C10H7N3O2S3. The molecule has 0 radical (unpaired) electrons. The van der Waals surface area contributed by atoms with Gasteiger partial charge in [-0.05, 0) is 57.2 Å². The fourth-order valence-electron chi connectivity index (χ4n) is 1.20. The Labute approximate surface area is 115 Å². The summed E-state index contributed by atoms with van der Waals surface area (Å²) in [5.41, 5.74) is 5.89. The zero-order valence-corrected chi connectivity index (χ0v) is 11.3. The van der Waals surface area contributed by atoms with Crippen molar-refractivity contribution in [2.24, 2.45) is 5.73 Å². The first-order chi connectivity index (χ1) is 8.56. The van der Waals surface area contributed by atoms with Gasteiger partial charge in [-0.25, -0.2) is 0 Å². The van der Waals surface area contributed by atoms with E-state index in [9.17, 15) is 9.59 Å². The molecule has 0 aliphatic carbocycles. The Balaban J connectivity index is 2.14. The maximum atomic E-state index is 11.8. The average molecular weight is 297 g/mol. The molecule has 3 N–H and O–H groups in total. The first-order valence-electron chi connectivity index (χ1n) is 4.74. The average Bonchev–Trinajstić information content (AvgIpc) is 2.75. The number of carbonyl (C=O) groups is 2. The van der Waals surface area contributed by atoms with Crippen molar-refractivity contribution in [3.05, 3.63) is 39.3 Å². The number of primary amides is 1. The Bertz CT molecular complexity index is 645. The quantitative estimate of drug-likeness (QED) is 0.672. The molecule has 2 rings (SSSR count). The van der Waals surface area contributed by atoms with Crippen molar-refractivity contribution >= 4 is 49.8 Å². The minimum atomic E-state index is -0.528. The Morgan fingerprint density at radius 2 is 1.78 bits per heavy atom. The lowest BCUT2D eigenvalue weighted by molar-refractivity contribution is 0.0995. The summed E-state index contributed by atoms with van der Waals surface area (Å²) in [6, 6.07) is 6.06. The SMILES string of the molecule is NC(=O)c1ccc(C(=O)Nc2nc(=S)ss2)cc1. The highest BCUT2D eigenvalue weighted by molar-refractivity contribution is 7.79. The van der Waals surface area contributed by atoms with E-state index in [2.05, 4.69) is 10.3 Å². The fraction of sp³-hybridized carbons (Fsp3) is 0. The summed E-state index contributed by atoms with van der Waals surface area (Å²) in [5, 5.41) is 3.09. The second kappa shape index (κ2) is 5.34. The molecule has 92 valence electrons. The van der Waals surface area contributed by atoms with E-state index in [0.717, 1.165) is 0 Å². The predicted molar refractivity (Wildman–Crippen MR) is 73.7 cm³/mol. The Kier molecular flexibility index (Phi) is 3.80. The van der Waals surface area contributed by atoms with Gasteiger partial charge in [-0.3, -0.25) is 14.9 Å². The molecule has 18 heavy (non-hydrogen) atoms. The zero-order valence-electron chi connectivity index (χ0n) is 8.88. The van der Waals surface area contributed by atoms with E-state index in [1.54, 1.807) is 0 Å². The molecule has 2 aromatic rings. The molecule has 8 heteroatoms. The Morgan fingerprint density at radius 1 is 1.17 bits per heavy atom. The summed E-state index contributed by atoms with van der Waals surface area (Å²) < 4.78 is 0.486. The van der Waals surface area contributed by atoms with Gasteiger partial charge in [0.15, 0.2) is 3.95 Å². The molecular weight excluding hydrogens is 290 g/mol. The molecule has 0 atom stereocenters. The highest BCUT2D eigenvalue weighted by Crippen LogP contribution is 2.19. The zero-order chi connectivity index (χ0) is 13.1. The van der Waals surface area contributed by atoms with Crippen LogP contribution in [0, 0.1) is 3.95 Å². The number of nitrogens with two attached hydrogens (primary N) is 1. The van der Waals surface area contributed by atoms with Gasteiger partial charge in [-0.2, -0.15) is 4.98 Å². The summed E-state index contributed by atoms with van der Waals surface area (Å²) >= 11 is 4.86. The fourth-order valence-corrected chi connectivity index (χ4v) is 3.05. The molecule has 0 fully saturated rings. The van der Waals surface area contributed by atoms with Crippen LogP contribution in [-0.4, -0.2) is 16.8 Å². The molecule has 1 aromatic heterocycles. The molecule has 0 aliphatic heterocycles. The van der Waals surface area contributed by atoms with Crippen molar-refractivity contribution in [2.45, 2.75) is 0 Å². The van der Waals surface area contributed by atoms with E-state index >= 15 is 0 Å². The highest BCUT2D eigenvalue weighted by Gasteiger charge is 2.09. The van der Waals surface area contributed by atoms with Gasteiger partial charge in [-0.15, -0.1) is 0 Å². The standard InChI is InChI=1S/C10H7N3O2S3/c11-7(14)5-1-3-6(4-2-5)8(15)12-9-13-10(16)18-17-9/h1-4H,(H2,11,14)(H,12,13,15,16). The molecule has 2 amide bonds. The van der Waals surface area contributed by atoms with E-state index in [-0.39, 0.29) is 5.91 Å². The van der Waals surface area contributed by atoms with E-state index in [1.165, 1.54) is 44.9 Å². The molecule has 0 bridgehead atoms.